The van der Waals surface area contributed by atoms with Crippen LogP contribution in [0, 0.1) is 9.39 Å². The van der Waals surface area contributed by atoms with Crippen LogP contribution in [0.5, 0.6) is 0 Å². The van der Waals surface area contributed by atoms with Crippen LogP contribution in [0.1, 0.15) is 0 Å². The molecule has 0 aliphatic carbocycles. The number of anilines is 2. The number of benzene rings is 1. The number of hydrogen-bond acceptors (Lipinski definition) is 2. The van der Waals surface area contributed by atoms with Gasteiger partial charge in [-0.2, -0.15) is 0 Å². The van der Waals surface area contributed by atoms with E-state index in [4.69, 9.17) is 5.73 Å². The molecule has 0 bridgehead atoms. The van der Waals surface area contributed by atoms with Gasteiger partial charge in [0.1, 0.15) is 5.82 Å². The third kappa shape index (κ3) is 2.93. The Morgan fingerprint density at radius 3 is 2.64 bits per heavy atom. The lowest BCUT2D eigenvalue weighted by Gasteiger charge is -2.09. The molecule has 6 heteroatoms. The smallest absolute Gasteiger partial charge is 0.255 e. The second-order valence-electron chi connectivity index (χ2n) is 2.63. The predicted molar refractivity (Wildman–Crippen MR) is 58.0 cm³/mol. The Morgan fingerprint density at radius 2 is 2.07 bits per heavy atom. The van der Waals surface area contributed by atoms with E-state index in [1.807, 2.05) is 0 Å². The minimum atomic E-state index is -2.49. The van der Waals surface area contributed by atoms with E-state index < -0.39 is 18.8 Å². The first-order chi connectivity index (χ1) is 6.50. The molecule has 3 N–H and O–H groups in total. The topological polar surface area (TPSA) is 38.0 Å². The summed E-state index contributed by atoms with van der Waals surface area (Å²) < 4.78 is 37.0. The molecule has 78 valence electrons. The van der Waals surface area contributed by atoms with Gasteiger partial charge in [-0.05, 0) is 28.7 Å². The second-order valence-corrected chi connectivity index (χ2v) is 3.79. The molecule has 0 saturated carbocycles. The van der Waals surface area contributed by atoms with Gasteiger partial charge in [-0.25, -0.2) is 13.2 Å². The van der Waals surface area contributed by atoms with Crippen LogP contribution in [-0.2, 0) is 0 Å². The lowest BCUT2D eigenvalue weighted by atomic mass is 10.2. The molecular weight excluding hydrogens is 308 g/mol. The summed E-state index contributed by atoms with van der Waals surface area (Å²) in [6.07, 6.45) is -2.49. The highest BCUT2D eigenvalue weighted by Crippen LogP contribution is 2.24. The van der Waals surface area contributed by atoms with Gasteiger partial charge in [0.25, 0.3) is 6.43 Å². The third-order valence-corrected chi connectivity index (χ3v) is 2.37. The van der Waals surface area contributed by atoms with Crippen LogP contribution < -0.4 is 11.1 Å². The van der Waals surface area contributed by atoms with E-state index in [0.717, 1.165) is 6.07 Å². The van der Waals surface area contributed by atoms with Gasteiger partial charge >= 0.3 is 0 Å². The third-order valence-electron chi connectivity index (χ3n) is 1.54. The molecule has 0 fully saturated rings. The van der Waals surface area contributed by atoms with E-state index in [0.29, 0.717) is 3.57 Å². The van der Waals surface area contributed by atoms with Crippen molar-refractivity contribution in [3.8, 4) is 0 Å². The predicted octanol–water partition coefficient (Wildman–Crippen LogP) is 2.69. The maximum Gasteiger partial charge on any atom is 0.255 e. The summed E-state index contributed by atoms with van der Waals surface area (Å²) >= 11 is 1.78. The fourth-order valence-electron chi connectivity index (χ4n) is 0.902. The number of alkyl halides is 2. The summed E-state index contributed by atoms with van der Waals surface area (Å²) in [5, 5.41) is 2.36. The fourth-order valence-corrected chi connectivity index (χ4v) is 1.39. The van der Waals surface area contributed by atoms with Crippen molar-refractivity contribution >= 4 is 34.0 Å². The van der Waals surface area contributed by atoms with Crippen molar-refractivity contribution in [2.45, 2.75) is 6.43 Å². The first-order valence-corrected chi connectivity index (χ1v) is 4.85. The average molecular weight is 316 g/mol. The maximum absolute atomic E-state index is 13.0. The van der Waals surface area contributed by atoms with Gasteiger partial charge in [-0.1, -0.05) is 0 Å². The molecule has 0 unspecified atom stereocenters. The number of nitrogen functional groups attached to an aromatic ring is 1. The van der Waals surface area contributed by atoms with Crippen molar-refractivity contribution in [2.24, 2.45) is 0 Å². The van der Waals surface area contributed by atoms with Gasteiger partial charge in [0.05, 0.1) is 21.5 Å². The van der Waals surface area contributed by atoms with Crippen molar-refractivity contribution in [3.63, 3.8) is 0 Å². The summed E-state index contributed by atoms with van der Waals surface area (Å²) in [4.78, 5) is 0. The summed E-state index contributed by atoms with van der Waals surface area (Å²) in [7, 11) is 0. The number of halogens is 4. The van der Waals surface area contributed by atoms with Crippen LogP contribution in [0.3, 0.4) is 0 Å². The van der Waals surface area contributed by atoms with Gasteiger partial charge in [0, 0.05) is 6.07 Å². The molecule has 0 amide bonds. The Hall–Kier alpha value is -0.660. The molecule has 14 heavy (non-hydrogen) atoms. The number of nitrogens with two attached hydrogens (primary N) is 1. The molecule has 0 aliphatic rings. The second kappa shape index (κ2) is 4.72. The molecule has 1 aromatic rings. The molecule has 0 saturated heterocycles. The normalized spacial score (nSPS) is 10.6. The molecular formula is C8H8F3IN2. The fraction of sp³-hybridized carbons (Fsp3) is 0.250. The van der Waals surface area contributed by atoms with Crippen LogP contribution in [0.4, 0.5) is 24.5 Å². The van der Waals surface area contributed by atoms with E-state index in [9.17, 15) is 13.2 Å². The standard InChI is InChI=1S/C8H8F3IN2/c9-4-1-7(14-3-8(10)11)6(13)2-5(4)12/h1-2,8,14H,3,13H2. The van der Waals surface area contributed by atoms with Gasteiger partial charge in [-0.15, -0.1) is 0 Å². The average Bonchev–Trinajstić information content (AvgIpc) is 2.09. The summed E-state index contributed by atoms with van der Waals surface area (Å²) in [6.45, 7) is -0.537. The highest BCUT2D eigenvalue weighted by molar-refractivity contribution is 14.1. The minimum Gasteiger partial charge on any atom is -0.397 e. The van der Waals surface area contributed by atoms with Crippen molar-refractivity contribution in [1.82, 2.24) is 0 Å². The Bertz CT molecular complexity index is 331. The van der Waals surface area contributed by atoms with E-state index in [1.54, 1.807) is 22.6 Å². The van der Waals surface area contributed by atoms with E-state index in [-0.39, 0.29) is 11.4 Å². The molecule has 2 nitrogen and oxygen atoms in total. The largest absolute Gasteiger partial charge is 0.397 e. The number of hydrogen-bond donors (Lipinski definition) is 2. The van der Waals surface area contributed by atoms with Crippen LogP contribution in [0.2, 0.25) is 0 Å². The zero-order chi connectivity index (χ0) is 10.7. The van der Waals surface area contributed by atoms with Crippen LogP contribution in [-0.4, -0.2) is 13.0 Å². The van der Waals surface area contributed by atoms with Crippen LogP contribution in [0.25, 0.3) is 0 Å². The highest BCUT2D eigenvalue weighted by atomic mass is 127. The molecule has 0 aliphatic heterocycles. The summed E-state index contributed by atoms with van der Waals surface area (Å²) in [5.41, 5.74) is 5.96. The summed E-state index contributed by atoms with van der Waals surface area (Å²) in [5.74, 6) is -0.475. The Kier molecular flexibility index (Phi) is 3.85. The SMILES string of the molecule is Nc1cc(I)c(F)cc1NCC(F)F. The quantitative estimate of drug-likeness (QED) is 0.665. The lowest BCUT2D eigenvalue weighted by molar-refractivity contribution is 0.163. The van der Waals surface area contributed by atoms with Gasteiger partial charge in [0.2, 0.25) is 0 Å². The zero-order valence-electron chi connectivity index (χ0n) is 7.03. The maximum atomic E-state index is 13.0. The monoisotopic (exact) mass is 316 g/mol. The van der Waals surface area contributed by atoms with Crippen molar-refractivity contribution in [3.05, 3.63) is 21.5 Å². The zero-order valence-corrected chi connectivity index (χ0v) is 9.19. The van der Waals surface area contributed by atoms with Crippen LogP contribution >= 0.6 is 22.6 Å². The molecule has 0 aromatic heterocycles. The van der Waals surface area contributed by atoms with Crippen LogP contribution in [0.15, 0.2) is 12.1 Å². The molecule has 1 aromatic carbocycles. The minimum absolute atomic E-state index is 0.197. The van der Waals surface area contributed by atoms with Gasteiger partial charge < -0.3 is 11.1 Å². The molecule has 1 rings (SSSR count). The van der Waals surface area contributed by atoms with Gasteiger partial charge in [0.15, 0.2) is 0 Å². The molecule has 0 heterocycles. The lowest BCUT2D eigenvalue weighted by Crippen LogP contribution is -2.12. The first kappa shape index (κ1) is 11.4. The number of nitrogens with one attached hydrogen (secondary N) is 1. The highest BCUT2D eigenvalue weighted by Gasteiger charge is 2.07. The first-order valence-electron chi connectivity index (χ1n) is 3.77. The van der Waals surface area contributed by atoms with Crippen molar-refractivity contribution in [2.75, 3.05) is 17.6 Å². The Labute approximate surface area is 92.8 Å². The van der Waals surface area contributed by atoms with E-state index >= 15 is 0 Å². The van der Waals surface area contributed by atoms with Gasteiger partial charge in [-0.3, -0.25) is 0 Å². The van der Waals surface area contributed by atoms with E-state index in [1.165, 1.54) is 6.07 Å². The summed E-state index contributed by atoms with van der Waals surface area (Å²) in [6, 6.07) is 2.50. The molecule has 0 spiro atoms. The van der Waals surface area contributed by atoms with Crippen molar-refractivity contribution < 1.29 is 13.2 Å². The Balaban J connectivity index is 2.82. The molecule has 0 atom stereocenters. The number of rotatable bonds is 3. The molecule has 0 radical (unpaired) electrons. The van der Waals surface area contributed by atoms with E-state index in [2.05, 4.69) is 5.32 Å². The Morgan fingerprint density at radius 1 is 1.43 bits per heavy atom. The van der Waals surface area contributed by atoms with Crippen molar-refractivity contribution in [1.29, 1.82) is 0 Å².